The number of hydrogen-bond donors (Lipinski definition) is 1. The van der Waals surface area contributed by atoms with E-state index in [1.165, 1.54) is 12.1 Å². The number of hydrogen-bond acceptors (Lipinski definition) is 5. The second kappa shape index (κ2) is 10.4. The Labute approximate surface area is 201 Å². The third-order valence-corrected chi connectivity index (χ3v) is 5.94. The van der Waals surface area contributed by atoms with Gasteiger partial charge in [-0.1, -0.05) is 25.1 Å². The van der Waals surface area contributed by atoms with Crippen LogP contribution in [-0.4, -0.2) is 39.0 Å². The number of rotatable bonds is 8. The van der Waals surface area contributed by atoms with Crippen LogP contribution < -0.4 is 4.74 Å². The first-order valence-corrected chi connectivity index (χ1v) is 11.4. The van der Waals surface area contributed by atoms with Gasteiger partial charge in [0.25, 0.3) is 0 Å². The van der Waals surface area contributed by atoms with Crippen LogP contribution in [0.25, 0.3) is 11.4 Å². The molecule has 0 amide bonds. The Morgan fingerprint density at radius 1 is 1.17 bits per heavy atom. The molecule has 9 heteroatoms. The third-order valence-electron chi connectivity index (χ3n) is 5.94. The van der Waals surface area contributed by atoms with Crippen molar-refractivity contribution in [3.05, 3.63) is 77.1 Å². The van der Waals surface area contributed by atoms with E-state index in [9.17, 15) is 18.0 Å². The SMILES string of the molecule is CC(CC(=O)O)CN1CCc2nc(-c3ccc(OCc4ccccc4C(F)(F)F)cc3)ncc2C1. The predicted octanol–water partition coefficient (Wildman–Crippen LogP) is 5.21. The number of benzene rings is 2. The quantitative estimate of drug-likeness (QED) is 0.472. The molecule has 1 aromatic heterocycles. The molecule has 1 N–H and O–H groups in total. The molecular weight excluding hydrogens is 459 g/mol. The lowest BCUT2D eigenvalue weighted by molar-refractivity contribution is -0.139. The molecular formula is C26H26F3N3O3. The van der Waals surface area contributed by atoms with E-state index in [2.05, 4.69) is 9.88 Å². The fraction of sp³-hybridized carbons (Fsp3) is 0.346. The van der Waals surface area contributed by atoms with Crippen molar-refractivity contribution in [2.75, 3.05) is 13.1 Å². The van der Waals surface area contributed by atoms with Crippen molar-refractivity contribution in [1.82, 2.24) is 14.9 Å². The number of carbonyl (C=O) groups is 1. The Morgan fingerprint density at radius 2 is 1.91 bits per heavy atom. The molecule has 1 unspecified atom stereocenters. The molecule has 3 aromatic rings. The summed E-state index contributed by atoms with van der Waals surface area (Å²) in [5.74, 6) is 0.308. The molecule has 4 rings (SSSR count). The number of aromatic nitrogens is 2. The zero-order valence-electron chi connectivity index (χ0n) is 19.3. The van der Waals surface area contributed by atoms with Gasteiger partial charge in [-0.3, -0.25) is 9.69 Å². The molecule has 0 saturated carbocycles. The topological polar surface area (TPSA) is 75.5 Å². The highest BCUT2D eigenvalue weighted by atomic mass is 19.4. The zero-order chi connectivity index (χ0) is 25.0. The van der Waals surface area contributed by atoms with Crippen LogP contribution in [-0.2, 0) is 30.5 Å². The second-order valence-electron chi connectivity index (χ2n) is 8.82. The van der Waals surface area contributed by atoms with Gasteiger partial charge in [-0.25, -0.2) is 9.97 Å². The minimum atomic E-state index is -4.43. The van der Waals surface area contributed by atoms with Gasteiger partial charge >= 0.3 is 12.1 Å². The first-order chi connectivity index (χ1) is 16.7. The van der Waals surface area contributed by atoms with Crippen LogP contribution in [0.2, 0.25) is 0 Å². The Bertz CT molecular complexity index is 1180. The molecule has 0 spiro atoms. The van der Waals surface area contributed by atoms with Crippen LogP contribution in [0.15, 0.2) is 54.7 Å². The van der Waals surface area contributed by atoms with Gasteiger partial charge in [-0.05, 0) is 36.2 Å². The summed E-state index contributed by atoms with van der Waals surface area (Å²) in [5.41, 5.74) is 2.17. The number of ether oxygens (including phenoxy) is 1. The summed E-state index contributed by atoms with van der Waals surface area (Å²) in [6.07, 6.45) is -1.72. The molecule has 0 aliphatic carbocycles. The van der Waals surface area contributed by atoms with E-state index in [1.807, 2.05) is 13.1 Å². The number of carboxylic acids is 1. The van der Waals surface area contributed by atoms with Crippen molar-refractivity contribution in [3.8, 4) is 17.1 Å². The van der Waals surface area contributed by atoms with E-state index >= 15 is 0 Å². The monoisotopic (exact) mass is 485 g/mol. The van der Waals surface area contributed by atoms with Crippen LogP contribution in [0.3, 0.4) is 0 Å². The number of nitrogens with zero attached hydrogens (tertiary/aromatic N) is 3. The minimum Gasteiger partial charge on any atom is -0.489 e. The molecule has 35 heavy (non-hydrogen) atoms. The molecule has 1 atom stereocenters. The van der Waals surface area contributed by atoms with Crippen LogP contribution in [0.1, 0.15) is 35.7 Å². The maximum Gasteiger partial charge on any atom is 0.416 e. The largest absolute Gasteiger partial charge is 0.489 e. The van der Waals surface area contributed by atoms with E-state index in [0.717, 1.165) is 35.9 Å². The van der Waals surface area contributed by atoms with Crippen molar-refractivity contribution in [2.45, 2.75) is 39.1 Å². The number of alkyl halides is 3. The second-order valence-corrected chi connectivity index (χ2v) is 8.82. The molecule has 0 saturated heterocycles. The van der Waals surface area contributed by atoms with E-state index in [-0.39, 0.29) is 24.5 Å². The van der Waals surface area contributed by atoms with Crippen LogP contribution in [0.4, 0.5) is 13.2 Å². The lowest BCUT2D eigenvalue weighted by atomic mass is 10.0. The van der Waals surface area contributed by atoms with Gasteiger partial charge in [-0.15, -0.1) is 0 Å². The Hall–Kier alpha value is -3.46. The van der Waals surface area contributed by atoms with Gasteiger partial charge < -0.3 is 9.84 Å². The van der Waals surface area contributed by atoms with Crippen molar-refractivity contribution in [3.63, 3.8) is 0 Å². The minimum absolute atomic E-state index is 0.0666. The van der Waals surface area contributed by atoms with Gasteiger partial charge in [0.2, 0.25) is 0 Å². The molecule has 0 bridgehead atoms. The first kappa shape index (κ1) is 24.7. The predicted molar refractivity (Wildman–Crippen MR) is 124 cm³/mol. The van der Waals surface area contributed by atoms with Gasteiger partial charge in [0.05, 0.1) is 11.3 Å². The summed E-state index contributed by atoms with van der Waals surface area (Å²) >= 11 is 0. The maximum atomic E-state index is 13.2. The van der Waals surface area contributed by atoms with Gasteiger partial charge in [-0.2, -0.15) is 13.2 Å². The van der Waals surface area contributed by atoms with Gasteiger partial charge in [0, 0.05) is 55.4 Å². The average Bonchev–Trinajstić information content (AvgIpc) is 2.82. The fourth-order valence-electron chi connectivity index (χ4n) is 4.26. The molecule has 0 fully saturated rings. The summed E-state index contributed by atoms with van der Waals surface area (Å²) < 4.78 is 45.1. The van der Waals surface area contributed by atoms with E-state index in [1.54, 1.807) is 30.3 Å². The standard InChI is InChI=1S/C26H26F3N3O3/c1-17(12-24(33)34)14-32-11-10-23-20(15-32)13-30-25(31-23)18-6-8-21(9-7-18)35-16-19-4-2-3-5-22(19)26(27,28)29/h2-9,13,17H,10-12,14-16H2,1H3,(H,33,34). The van der Waals surface area contributed by atoms with Crippen molar-refractivity contribution in [2.24, 2.45) is 5.92 Å². The van der Waals surface area contributed by atoms with Crippen molar-refractivity contribution < 1.29 is 27.8 Å². The summed E-state index contributed by atoms with van der Waals surface area (Å²) in [6.45, 7) is 3.95. The lowest BCUT2D eigenvalue weighted by Crippen LogP contribution is -2.35. The van der Waals surface area contributed by atoms with Gasteiger partial charge in [0.15, 0.2) is 5.82 Å². The zero-order valence-corrected chi connectivity index (χ0v) is 19.3. The molecule has 1 aliphatic heterocycles. The molecule has 0 radical (unpaired) electrons. The summed E-state index contributed by atoms with van der Waals surface area (Å²) in [4.78, 5) is 22.3. The van der Waals surface area contributed by atoms with Crippen LogP contribution in [0, 0.1) is 5.92 Å². The number of carboxylic acid groups (broad SMARTS) is 1. The summed E-state index contributed by atoms with van der Waals surface area (Å²) in [5, 5.41) is 8.96. The van der Waals surface area contributed by atoms with Crippen LogP contribution >= 0.6 is 0 Å². The molecule has 6 nitrogen and oxygen atoms in total. The normalized spacial score (nSPS) is 14.9. The van der Waals surface area contributed by atoms with E-state index in [0.29, 0.717) is 24.7 Å². The molecule has 184 valence electrons. The highest BCUT2D eigenvalue weighted by Gasteiger charge is 2.33. The van der Waals surface area contributed by atoms with Crippen LogP contribution in [0.5, 0.6) is 5.75 Å². The summed E-state index contributed by atoms with van der Waals surface area (Å²) in [7, 11) is 0. The smallest absolute Gasteiger partial charge is 0.416 e. The van der Waals surface area contributed by atoms with E-state index < -0.39 is 17.7 Å². The highest BCUT2D eigenvalue weighted by molar-refractivity contribution is 5.67. The fourth-order valence-corrected chi connectivity index (χ4v) is 4.26. The highest BCUT2D eigenvalue weighted by Crippen LogP contribution is 2.32. The first-order valence-electron chi connectivity index (χ1n) is 11.4. The maximum absolute atomic E-state index is 13.2. The molecule has 2 aromatic carbocycles. The Kier molecular flexibility index (Phi) is 7.35. The Morgan fingerprint density at radius 3 is 2.63 bits per heavy atom. The Balaban J connectivity index is 1.39. The van der Waals surface area contributed by atoms with Crippen molar-refractivity contribution >= 4 is 5.97 Å². The molecule has 1 aliphatic rings. The van der Waals surface area contributed by atoms with E-state index in [4.69, 9.17) is 14.8 Å². The summed E-state index contributed by atoms with van der Waals surface area (Å²) in [6, 6.07) is 12.3. The van der Waals surface area contributed by atoms with Gasteiger partial charge in [0.1, 0.15) is 12.4 Å². The van der Waals surface area contributed by atoms with Crippen molar-refractivity contribution in [1.29, 1.82) is 0 Å². The average molecular weight is 486 g/mol. The number of fused-ring (bicyclic) bond motifs is 1. The number of halogens is 3. The number of aliphatic carboxylic acids is 1. The lowest BCUT2D eigenvalue weighted by Gasteiger charge is -2.29. The third kappa shape index (κ3) is 6.36. The molecule has 2 heterocycles.